The number of rotatable bonds is 2. The number of hydrogen-bond donors (Lipinski definition) is 1. The van der Waals surface area contributed by atoms with Crippen LogP contribution in [0.25, 0.3) is 0 Å². The van der Waals surface area contributed by atoms with Crippen LogP contribution in [-0.4, -0.2) is 24.2 Å². The molecule has 4 heteroatoms. The predicted molar refractivity (Wildman–Crippen MR) is 85.4 cm³/mol. The van der Waals surface area contributed by atoms with Gasteiger partial charge in [-0.3, -0.25) is 4.79 Å². The summed E-state index contributed by atoms with van der Waals surface area (Å²) in [5, 5.41) is 3.38. The van der Waals surface area contributed by atoms with Crippen LogP contribution in [0.3, 0.4) is 0 Å². The van der Waals surface area contributed by atoms with Gasteiger partial charge in [0.15, 0.2) is 11.5 Å². The largest absolute Gasteiger partial charge is 0.485 e. The van der Waals surface area contributed by atoms with Gasteiger partial charge in [0.25, 0.3) is 5.91 Å². The number of ether oxygens (including phenoxy) is 2. The van der Waals surface area contributed by atoms with E-state index in [-0.39, 0.29) is 11.4 Å². The van der Waals surface area contributed by atoms with Gasteiger partial charge in [-0.15, -0.1) is 0 Å². The van der Waals surface area contributed by atoms with Crippen LogP contribution in [0.4, 0.5) is 0 Å². The Morgan fingerprint density at radius 1 is 1.00 bits per heavy atom. The van der Waals surface area contributed by atoms with Gasteiger partial charge in [-0.2, -0.15) is 0 Å². The SMILES string of the molecule is O=C(NC12CC3CC(CC(C3)C1)C2)[C@H]1COc2ccccc2O1. The first-order chi connectivity index (χ1) is 11.2. The number of amides is 1. The third kappa shape index (κ3) is 2.30. The summed E-state index contributed by atoms with van der Waals surface area (Å²) in [6.45, 7) is 0.301. The molecule has 23 heavy (non-hydrogen) atoms. The van der Waals surface area contributed by atoms with Gasteiger partial charge in [-0.1, -0.05) is 12.1 Å². The van der Waals surface area contributed by atoms with Gasteiger partial charge in [0.05, 0.1) is 0 Å². The number of carbonyl (C=O) groups is 1. The molecule has 0 unspecified atom stereocenters. The van der Waals surface area contributed by atoms with E-state index in [1.807, 2.05) is 24.3 Å². The van der Waals surface area contributed by atoms with E-state index in [0.717, 1.165) is 42.8 Å². The summed E-state index contributed by atoms with van der Waals surface area (Å²) in [5.41, 5.74) is 0.0339. The summed E-state index contributed by atoms with van der Waals surface area (Å²) in [6.07, 6.45) is 7.10. The summed E-state index contributed by atoms with van der Waals surface area (Å²) in [7, 11) is 0. The zero-order valence-electron chi connectivity index (χ0n) is 13.3. The van der Waals surface area contributed by atoms with E-state index in [1.54, 1.807) is 0 Å². The third-order valence-corrected chi connectivity index (χ3v) is 6.23. The fourth-order valence-electron chi connectivity index (χ4n) is 5.75. The number of nitrogens with one attached hydrogen (secondary N) is 1. The monoisotopic (exact) mass is 313 g/mol. The van der Waals surface area contributed by atoms with E-state index in [9.17, 15) is 4.79 Å². The Hall–Kier alpha value is -1.71. The van der Waals surface area contributed by atoms with Crippen molar-refractivity contribution in [1.82, 2.24) is 5.32 Å². The summed E-state index contributed by atoms with van der Waals surface area (Å²) in [6, 6.07) is 7.56. The molecule has 1 N–H and O–H groups in total. The Kier molecular flexibility index (Phi) is 2.91. The standard InChI is InChI=1S/C19H23NO3/c21-18(17-11-22-15-3-1-2-4-16(15)23-17)20-19-8-12-5-13(9-19)7-14(6-12)10-19/h1-4,12-14,17H,5-11H2,(H,20,21)/t12?,13?,14?,17-,19?/m1/s1. The van der Waals surface area contributed by atoms with Gasteiger partial charge >= 0.3 is 0 Å². The average molecular weight is 313 g/mol. The van der Waals surface area contributed by atoms with E-state index >= 15 is 0 Å². The van der Waals surface area contributed by atoms with Crippen LogP contribution in [0, 0.1) is 17.8 Å². The van der Waals surface area contributed by atoms with Gasteiger partial charge in [0.1, 0.15) is 6.61 Å². The van der Waals surface area contributed by atoms with E-state index < -0.39 is 6.10 Å². The molecule has 122 valence electrons. The molecule has 4 aliphatic carbocycles. The highest BCUT2D eigenvalue weighted by Crippen LogP contribution is 2.55. The molecule has 1 amide bonds. The highest BCUT2D eigenvalue weighted by molar-refractivity contribution is 5.82. The van der Waals surface area contributed by atoms with Crippen molar-refractivity contribution in [2.75, 3.05) is 6.61 Å². The Labute approximate surface area is 136 Å². The molecule has 5 aliphatic rings. The number of hydrogen-bond acceptors (Lipinski definition) is 3. The van der Waals surface area contributed by atoms with Gasteiger partial charge in [-0.25, -0.2) is 0 Å². The molecule has 1 aromatic rings. The van der Waals surface area contributed by atoms with Crippen molar-refractivity contribution in [3.05, 3.63) is 24.3 Å². The lowest BCUT2D eigenvalue weighted by Crippen LogP contribution is -2.62. The van der Waals surface area contributed by atoms with Crippen LogP contribution in [0.5, 0.6) is 11.5 Å². The van der Waals surface area contributed by atoms with Gasteiger partial charge in [-0.05, 0) is 68.4 Å². The number of benzene rings is 1. The summed E-state index contributed by atoms with van der Waals surface area (Å²) >= 11 is 0. The van der Waals surface area contributed by atoms with E-state index in [0.29, 0.717) is 12.4 Å². The topological polar surface area (TPSA) is 47.6 Å². The second kappa shape index (κ2) is 4.89. The lowest BCUT2D eigenvalue weighted by atomic mass is 9.53. The van der Waals surface area contributed by atoms with Crippen molar-refractivity contribution in [2.45, 2.75) is 50.2 Å². The second-order valence-corrected chi connectivity index (χ2v) is 8.05. The molecule has 0 spiro atoms. The fraction of sp³-hybridized carbons (Fsp3) is 0.632. The van der Waals surface area contributed by atoms with E-state index in [4.69, 9.17) is 9.47 Å². The molecular formula is C19H23NO3. The zero-order valence-corrected chi connectivity index (χ0v) is 13.3. The second-order valence-electron chi connectivity index (χ2n) is 8.05. The molecule has 4 nitrogen and oxygen atoms in total. The maximum Gasteiger partial charge on any atom is 0.265 e. The van der Waals surface area contributed by atoms with Gasteiger partial charge < -0.3 is 14.8 Å². The summed E-state index contributed by atoms with van der Waals surface area (Å²) in [5.74, 6) is 3.87. The van der Waals surface area contributed by atoms with Crippen molar-refractivity contribution >= 4 is 5.91 Å². The van der Waals surface area contributed by atoms with Crippen molar-refractivity contribution in [3.8, 4) is 11.5 Å². The highest BCUT2D eigenvalue weighted by atomic mass is 16.6. The number of fused-ring (bicyclic) bond motifs is 1. The molecule has 0 aromatic heterocycles. The third-order valence-electron chi connectivity index (χ3n) is 6.23. The van der Waals surface area contributed by atoms with Crippen molar-refractivity contribution < 1.29 is 14.3 Å². The van der Waals surface area contributed by atoms with Crippen LogP contribution in [-0.2, 0) is 4.79 Å². The molecule has 6 rings (SSSR count). The Bertz CT molecular complexity index is 606. The molecule has 1 atom stereocenters. The molecular weight excluding hydrogens is 290 g/mol. The first-order valence-electron chi connectivity index (χ1n) is 8.90. The first-order valence-corrected chi connectivity index (χ1v) is 8.90. The summed E-state index contributed by atoms with van der Waals surface area (Å²) in [4.78, 5) is 12.8. The maximum absolute atomic E-state index is 12.8. The number of carbonyl (C=O) groups excluding carboxylic acids is 1. The van der Waals surface area contributed by atoms with Crippen molar-refractivity contribution in [1.29, 1.82) is 0 Å². The molecule has 1 aliphatic heterocycles. The molecule has 1 aromatic carbocycles. The average Bonchev–Trinajstić information content (AvgIpc) is 2.52. The van der Waals surface area contributed by atoms with E-state index in [1.165, 1.54) is 19.3 Å². The van der Waals surface area contributed by atoms with Crippen LogP contribution in [0.1, 0.15) is 38.5 Å². The zero-order chi connectivity index (χ0) is 15.4. The first kappa shape index (κ1) is 13.7. The number of para-hydroxylation sites is 2. The van der Waals surface area contributed by atoms with Crippen molar-refractivity contribution in [3.63, 3.8) is 0 Å². The van der Waals surface area contributed by atoms with Gasteiger partial charge in [0, 0.05) is 5.54 Å². The minimum absolute atomic E-state index is 0.00135. The van der Waals surface area contributed by atoms with Gasteiger partial charge in [0.2, 0.25) is 6.10 Å². The van der Waals surface area contributed by atoms with Crippen LogP contribution in [0.2, 0.25) is 0 Å². The molecule has 0 saturated heterocycles. The van der Waals surface area contributed by atoms with Crippen LogP contribution < -0.4 is 14.8 Å². The molecule has 1 heterocycles. The fourth-order valence-corrected chi connectivity index (χ4v) is 5.75. The van der Waals surface area contributed by atoms with Crippen LogP contribution in [0.15, 0.2) is 24.3 Å². The predicted octanol–water partition coefficient (Wildman–Crippen LogP) is 2.91. The molecule has 4 saturated carbocycles. The van der Waals surface area contributed by atoms with Crippen molar-refractivity contribution in [2.24, 2.45) is 17.8 Å². The molecule has 4 fully saturated rings. The lowest BCUT2D eigenvalue weighted by molar-refractivity contribution is -0.136. The smallest absolute Gasteiger partial charge is 0.265 e. The minimum atomic E-state index is -0.530. The lowest BCUT2D eigenvalue weighted by Gasteiger charge is -2.57. The summed E-state index contributed by atoms with van der Waals surface area (Å²) < 4.78 is 11.6. The van der Waals surface area contributed by atoms with E-state index in [2.05, 4.69) is 5.32 Å². The maximum atomic E-state index is 12.8. The quantitative estimate of drug-likeness (QED) is 0.913. The highest BCUT2D eigenvalue weighted by Gasteiger charge is 2.52. The van der Waals surface area contributed by atoms with Crippen LogP contribution >= 0.6 is 0 Å². The molecule has 0 radical (unpaired) electrons. The Morgan fingerprint density at radius 2 is 1.61 bits per heavy atom. The normalized spacial score (nSPS) is 40.0. The Morgan fingerprint density at radius 3 is 2.26 bits per heavy atom. The minimum Gasteiger partial charge on any atom is -0.485 e. The molecule has 4 bridgehead atoms. The Balaban J connectivity index is 1.31.